The van der Waals surface area contributed by atoms with Crippen LogP contribution < -0.4 is 15.6 Å². The molecule has 0 saturated carbocycles. The number of aryl methyl sites for hydroxylation is 1. The quantitative estimate of drug-likeness (QED) is 0.565. The fourth-order valence-electron chi connectivity index (χ4n) is 1.67. The Morgan fingerprint density at radius 1 is 1.44 bits per heavy atom. The van der Waals surface area contributed by atoms with E-state index in [9.17, 15) is 4.79 Å². The minimum absolute atomic E-state index is 0.189. The Kier molecular flexibility index (Phi) is 7.94. The number of carboxylic acid groups (broad SMARTS) is 1. The highest BCUT2D eigenvalue weighted by atomic mass is 32.1. The molecule has 132 valence electrons. The van der Waals surface area contributed by atoms with E-state index in [0.717, 1.165) is 12.5 Å². The fraction of sp³-hybridized carbons (Fsp3) is 0.188. The number of carboxylic acids is 1. The third-order valence-corrected chi connectivity index (χ3v) is 2.76. The first-order chi connectivity index (χ1) is 11.8. The molecule has 2 rings (SSSR count). The summed E-state index contributed by atoms with van der Waals surface area (Å²) in [6.45, 7) is 2.81. The van der Waals surface area contributed by atoms with Gasteiger partial charge in [-0.3, -0.25) is 14.6 Å². The molecule has 0 aliphatic carbocycles. The van der Waals surface area contributed by atoms with Crippen molar-refractivity contribution in [2.24, 2.45) is 4.99 Å². The third kappa shape index (κ3) is 7.84. The molecule has 0 amide bonds. The van der Waals surface area contributed by atoms with Crippen molar-refractivity contribution in [1.29, 1.82) is 0 Å². The fourth-order valence-corrected chi connectivity index (χ4v) is 1.82. The van der Waals surface area contributed by atoms with Crippen LogP contribution in [0.1, 0.15) is 18.2 Å². The van der Waals surface area contributed by atoms with Gasteiger partial charge in [-0.2, -0.15) is 0 Å². The van der Waals surface area contributed by atoms with Crippen molar-refractivity contribution in [3.05, 3.63) is 51.9 Å². The summed E-state index contributed by atoms with van der Waals surface area (Å²) in [5, 5.41) is 10.4. The van der Waals surface area contributed by atoms with Gasteiger partial charge < -0.3 is 15.2 Å². The number of hydrogen-bond acceptors (Lipinski definition) is 5. The van der Waals surface area contributed by atoms with Crippen LogP contribution in [0.3, 0.4) is 0 Å². The average Bonchev–Trinajstić information content (AvgIpc) is 2.51. The van der Waals surface area contributed by atoms with Gasteiger partial charge in [0.1, 0.15) is 5.75 Å². The number of aromatic amines is 1. The van der Waals surface area contributed by atoms with Crippen molar-refractivity contribution in [2.45, 2.75) is 13.8 Å². The summed E-state index contributed by atoms with van der Waals surface area (Å²) in [6.07, 6.45) is 1.59. The van der Waals surface area contributed by atoms with Crippen LogP contribution in [-0.2, 0) is 4.79 Å². The highest BCUT2D eigenvalue weighted by Crippen LogP contribution is 2.14. The molecule has 1 aromatic carbocycles. The number of hydrogen-bond donors (Lipinski definition) is 3. The molecular formula is C16H18N4O4S. The minimum Gasteiger partial charge on any atom is -0.496 e. The molecule has 0 spiro atoms. The van der Waals surface area contributed by atoms with Crippen LogP contribution in [-0.4, -0.2) is 39.5 Å². The van der Waals surface area contributed by atoms with E-state index < -0.39 is 5.97 Å². The van der Waals surface area contributed by atoms with Crippen molar-refractivity contribution in [2.75, 3.05) is 12.4 Å². The number of H-pyrrole nitrogens is 1. The van der Waals surface area contributed by atoms with Gasteiger partial charge in [-0.25, -0.2) is 9.98 Å². The molecule has 0 atom stereocenters. The number of nitrogens with zero attached hydrogens (tertiary/aromatic N) is 2. The molecule has 3 N–H and O–H groups in total. The van der Waals surface area contributed by atoms with Crippen LogP contribution in [0.25, 0.3) is 0 Å². The van der Waals surface area contributed by atoms with Crippen molar-refractivity contribution >= 4 is 35.5 Å². The summed E-state index contributed by atoms with van der Waals surface area (Å²) in [7, 11) is 1.59. The molecule has 0 saturated heterocycles. The molecule has 0 radical (unpaired) electrons. The van der Waals surface area contributed by atoms with Gasteiger partial charge in [0.25, 0.3) is 11.5 Å². The SMILES string of the molecule is CC(=O)O.COc1ccccc1/C=N/C(=S)Nc1nc(C)cc(=O)[nH]1. The normalized spacial score (nSPS) is 9.88. The maximum Gasteiger partial charge on any atom is 0.300 e. The van der Waals surface area contributed by atoms with Gasteiger partial charge in [0, 0.05) is 30.5 Å². The van der Waals surface area contributed by atoms with Crippen molar-refractivity contribution in [1.82, 2.24) is 9.97 Å². The summed E-state index contributed by atoms with van der Waals surface area (Å²) in [5.41, 5.74) is 1.15. The van der Waals surface area contributed by atoms with E-state index in [2.05, 4.69) is 20.3 Å². The lowest BCUT2D eigenvalue weighted by molar-refractivity contribution is -0.134. The van der Waals surface area contributed by atoms with E-state index in [1.165, 1.54) is 6.07 Å². The second kappa shape index (κ2) is 9.93. The molecule has 1 heterocycles. The smallest absolute Gasteiger partial charge is 0.300 e. The largest absolute Gasteiger partial charge is 0.496 e. The van der Waals surface area contributed by atoms with Crippen molar-refractivity contribution < 1.29 is 14.6 Å². The monoisotopic (exact) mass is 362 g/mol. The minimum atomic E-state index is -0.833. The molecule has 0 aliphatic heterocycles. The zero-order chi connectivity index (χ0) is 18.8. The number of methoxy groups -OCH3 is 1. The number of nitrogens with one attached hydrogen (secondary N) is 2. The van der Waals surface area contributed by atoms with Crippen LogP contribution in [0.2, 0.25) is 0 Å². The zero-order valence-corrected chi connectivity index (χ0v) is 14.8. The van der Waals surface area contributed by atoms with E-state index in [4.69, 9.17) is 26.9 Å². The van der Waals surface area contributed by atoms with Gasteiger partial charge in [-0.15, -0.1) is 0 Å². The number of ether oxygens (including phenoxy) is 1. The number of thiocarbonyl (C=S) groups is 1. The molecule has 25 heavy (non-hydrogen) atoms. The van der Waals surface area contributed by atoms with E-state index in [-0.39, 0.29) is 16.6 Å². The van der Waals surface area contributed by atoms with E-state index in [1.807, 2.05) is 24.3 Å². The first kappa shape index (κ1) is 20.0. The van der Waals surface area contributed by atoms with E-state index in [1.54, 1.807) is 20.2 Å². The Hall–Kier alpha value is -3.07. The Labute approximate surface area is 149 Å². The highest BCUT2D eigenvalue weighted by molar-refractivity contribution is 7.80. The number of para-hydroxylation sites is 1. The Morgan fingerprint density at radius 3 is 2.68 bits per heavy atom. The Balaban J connectivity index is 0.000000705. The maximum absolute atomic E-state index is 11.3. The number of aromatic nitrogens is 2. The number of rotatable bonds is 3. The van der Waals surface area contributed by atoms with Crippen molar-refractivity contribution in [3.8, 4) is 5.75 Å². The standard InChI is InChI=1S/C14H14N4O2S.C2H4O2/c1-9-7-12(19)17-13(16-9)18-14(21)15-8-10-5-3-4-6-11(10)20-2;1-2(3)4/h3-8H,1-2H3,(H2,16,17,18,19,21);1H3,(H,3,4)/b15-8+;. The van der Waals surface area contributed by atoms with Crippen molar-refractivity contribution in [3.63, 3.8) is 0 Å². The van der Waals surface area contributed by atoms with Crippen LogP contribution in [0, 0.1) is 6.92 Å². The van der Waals surface area contributed by atoms with Gasteiger partial charge in [-0.1, -0.05) is 12.1 Å². The molecule has 0 fully saturated rings. The van der Waals surface area contributed by atoms with Crippen LogP contribution in [0.4, 0.5) is 5.95 Å². The zero-order valence-electron chi connectivity index (χ0n) is 13.9. The van der Waals surface area contributed by atoms with Gasteiger partial charge >= 0.3 is 0 Å². The first-order valence-electron chi connectivity index (χ1n) is 7.07. The number of aliphatic carboxylic acids is 1. The van der Waals surface area contributed by atoms with Gasteiger partial charge in [0.2, 0.25) is 5.95 Å². The van der Waals surface area contributed by atoms with Gasteiger partial charge in [-0.05, 0) is 31.3 Å². The Morgan fingerprint density at radius 2 is 2.08 bits per heavy atom. The van der Waals surface area contributed by atoms with Crippen LogP contribution in [0.15, 0.2) is 40.1 Å². The molecule has 0 unspecified atom stereocenters. The molecule has 9 heteroatoms. The second-order valence-corrected chi connectivity index (χ2v) is 5.07. The lowest BCUT2D eigenvalue weighted by atomic mass is 10.2. The molecule has 0 aliphatic rings. The average molecular weight is 362 g/mol. The summed E-state index contributed by atoms with van der Waals surface area (Å²) in [6, 6.07) is 8.83. The molecule has 2 aromatic rings. The number of anilines is 1. The van der Waals surface area contributed by atoms with Gasteiger partial charge in [0.05, 0.1) is 7.11 Å². The number of carbonyl (C=O) groups is 1. The summed E-state index contributed by atoms with van der Waals surface area (Å²) in [5.74, 6) is 0.133. The summed E-state index contributed by atoms with van der Waals surface area (Å²) >= 11 is 5.09. The summed E-state index contributed by atoms with van der Waals surface area (Å²) < 4.78 is 5.21. The predicted molar refractivity (Wildman–Crippen MR) is 99.7 cm³/mol. The van der Waals surface area contributed by atoms with Crippen LogP contribution >= 0.6 is 12.2 Å². The van der Waals surface area contributed by atoms with Gasteiger partial charge in [0.15, 0.2) is 5.11 Å². The summed E-state index contributed by atoms with van der Waals surface area (Å²) in [4.78, 5) is 31.1. The molecule has 8 nitrogen and oxygen atoms in total. The number of aliphatic imine (C=N–C) groups is 1. The Bertz CT molecular complexity index is 829. The molecule has 0 bridgehead atoms. The molecular weight excluding hydrogens is 344 g/mol. The first-order valence-corrected chi connectivity index (χ1v) is 7.48. The maximum atomic E-state index is 11.3. The predicted octanol–water partition coefficient (Wildman–Crippen LogP) is 1.99. The van der Waals surface area contributed by atoms with Crippen LogP contribution in [0.5, 0.6) is 5.75 Å². The lowest BCUT2D eigenvalue weighted by Gasteiger charge is -2.04. The van der Waals surface area contributed by atoms with E-state index in [0.29, 0.717) is 11.4 Å². The lowest BCUT2D eigenvalue weighted by Crippen LogP contribution is -2.15. The number of benzene rings is 1. The second-order valence-electron chi connectivity index (χ2n) is 4.68. The topological polar surface area (TPSA) is 117 Å². The third-order valence-electron chi connectivity index (χ3n) is 2.55. The highest BCUT2D eigenvalue weighted by Gasteiger charge is 2.01. The van der Waals surface area contributed by atoms with E-state index >= 15 is 0 Å². The molecule has 1 aromatic heterocycles.